The second-order valence-corrected chi connectivity index (χ2v) is 9.00. The number of hydrogen-bond acceptors (Lipinski definition) is 4. The maximum Gasteiger partial charge on any atom is 0.252 e. The van der Waals surface area contributed by atoms with Gasteiger partial charge in [0.05, 0.1) is 15.5 Å². The number of halogens is 2. The van der Waals surface area contributed by atoms with Crippen molar-refractivity contribution in [3.05, 3.63) is 58.1 Å². The van der Waals surface area contributed by atoms with Crippen LogP contribution in [0, 0.1) is 0 Å². The molecule has 0 saturated carbocycles. The lowest BCUT2D eigenvalue weighted by molar-refractivity contribution is 0.0956. The van der Waals surface area contributed by atoms with Gasteiger partial charge in [-0.15, -0.1) is 11.8 Å². The van der Waals surface area contributed by atoms with Crippen LogP contribution in [0.4, 0.5) is 0 Å². The Hall–Kier alpha value is -1.21. The molecule has 2 aromatic rings. The predicted molar refractivity (Wildman–Crippen MR) is 99.1 cm³/mol. The molecule has 0 saturated heterocycles. The van der Waals surface area contributed by atoms with Crippen LogP contribution in [0.2, 0.25) is 10.0 Å². The first kappa shape index (κ1) is 19.1. The lowest BCUT2D eigenvalue weighted by Crippen LogP contribution is -2.26. The fraction of sp³-hybridized carbons (Fsp3) is 0.188. The van der Waals surface area contributed by atoms with Crippen LogP contribution in [-0.2, 0) is 9.84 Å². The van der Waals surface area contributed by atoms with Gasteiger partial charge in [0.1, 0.15) is 0 Å². The highest BCUT2D eigenvalue weighted by Crippen LogP contribution is 2.21. The van der Waals surface area contributed by atoms with Crippen molar-refractivity contribution in [2.75, 3.05) is 18.6 Å². The summed E-state index contributed by atoms with van der Waals surface area (Å²) in [5, 5.41) is 3.62. The Kier molecular flexibility index (Phi) is 6.57. The number of carbonyl (C=O) groups is 1. The standard InChI is InChI=1S/C16H15Cl2NO3S2/c1-24(21,22)13-6-7-15(18)14(10-13)16(20)19-8-9-23-12-4-2-11(17)3-5-12/h2-7,10H,8-9H2,1H3,(H,19,20). The van der Waals surface area contributed by atoms with Gasteiger partial charge in [-0.25, -0.2) is 8.42 Å². The number of sulfone groups is 1. The summed E-state index contributed by atoms with van der Waals surface area (Å²) in [5.41, 5.74) is 0.149. The van der Waals surface area contributed by atoms with Gasteiger partial charge in [-0.2, -0.15) is 0 Å². The number of benzene rings is 2. The van der Waals surface area contributed by atoms with Crippen molar-refractivity contribution in [1.29, 1.82) is 0 Å². The van der Waals surface area contributed by atoms with Crippen LogP contribution in [-0.4, -0.2) is 32.9 Å². The van der Waals surface area contributed by atoms with E-state index in [2.05, 4.69) is 5.32 Å². The Labute approximate surface area is 155 Å². The molecule has 1 N–H and O–H groups in total. The lowest BCUT2D eigenvalue weighted by atomic mass is 10.2. The normalized spacial score (nSPS) is 11.3. The fourth-order valence-corrected chi connectivity index (χ4v) is 3.61. The maximum atomic E-state index is 12.2. The number of thioether (sulfide) groups is 1. The molecule has 2 rings (SSSR count). The van der Waals surface area contributed by atoms with Crippen molar-refractivity contribution in [1.82, 2.24) is 5.32 Å². The second kappa shape index (κ2) is 8.25. The monoisotopic (exact) mass is 403 g/mol. The van der Waals surface area contributed by atoms with E-state index in [1.165, 1.54) is 18.2 Å². The molecule has 0 aliphatic heterocycles. The van der Waals surface area contributed by atoms with Crippen molar-refractivity contribution in [3.8, 4) is 0 Å². The van der Waals surface area contributed by atoms with E-state index in [0.717, 1.165) is 11.2 Å². The van der Waals surface area contributed by atoms with Gasteiger partial charge in [-0.1, -0.05) is 23.2 Å². The topological polar surface area (TPSA) is 63.2 Å². The van der Waals surface area contributed by atoms with E-state index < -0.39 is 15.7 Å². The third-order valence-corrected chi connectivity index (χ3v) is 5.79. The summed E-state index contributed by atoms with van der Waals surface area (Å²) in [6.07, 6.45) is 1.08. The quantitative estimate of drug-likeness (QED) is 0.586. The third kappa shape index (κ3) is 5.41. The Morgan fingerprint density at radius 1 is 1.12 bits per heavy atom. The summed E-state index contributed by atoms with van der Waals surface area (Å²) in [6.45, 7) is 0.422. The minimum atomic E-state index is -3.39. The summed E-state index contributed by atoms with van der Waals surface area (Å²) in [7, 11) is -3.39. The summed E-state index contributed by atoms with van der Waals surface area (Å²) >= 11 is 13.4. The van der Waals surface area contributed by atoms with E-state index in [4.69, 9.17) is 23.2 Å². The summed E-state index contributed by atoms with van der Waals surface area (Å²) in [6, 6.07) is 11.5. The molecule has 0 heterocycles. The SMILES string of the molecule is CS(=O)(=O)c1ccc(Cl)c(C(=O)NCCSc2ccc(Cl)cc2)c1. The molecule has 24 heavy (non-hydrogen) atoms. The van der Waals surface area contributed by atoms with Crippen LogP contribution >= 0.6 is 35.0 Å². The molecular weight excluding hydrogens is 389 g/mol. The van der Waals surface area contributed by atoms with Crippen LogP contribution in [0.25, 0.3) is 0 Å². The van der Waals surface area contributed by atoms with Crippen LogP contribution in [0.15, 0.2) is 52.3 Å². The van der Waals surface area contributed by atoms with E-state index in [1.54, 1.807) is 23.9 Å². The lowest BCUT2D eigenvalue weighted by Gasteiger charge is -2.08. The largest absolute Gasteiger partial charge is 0.351 e. The molecule has 2 aromatic carbocycles. The van der Waals surface area contributed by atoms with Gasteiger partial charge in [0.25, 0.3) is 5.91 Å². The molecule has 0 aliphatic carbocycles. The molecule has 8 heteroatoms. The van der Waals surface area contributed by atoms with E-state index in [-0.39, 0.29) is 15.5 Å². The first-order valence-electron chi connectivity index (χ1n) is 6.93. The zero-order valence-electron chi connectivity index (χ0n) is 12.8. The van der Waals surface area contributed by atoms with Gasteiger partial charge in [0.15, 0.2) is 9.84 Å². The number of amides is 1. The molecule has 0 radical (unpaired) electrons. The second-order valence-electron chi connectivity index (χ2n) is 4.97. The van der Waals surface area contributed by atoms with Crippen molar-refractivity contribution in [3.63, 3.8) is 0 Å². The van der Waals surface area contributed by atoms with Crippen molar-refractivity contribution in [2.24, 2.45) is 0 Å². The molecule has 1 amide bonds. The molecule has 0 atom stereocenters. The molecule has 4 nitrogen and oxygen atoms in total. The molecule has 0 unspecified atom stereocenters. The number of carbonyl (C=O) groups excluding carboxylic acids is 1. The zero-order valence-corrected chi connectivity index (χ0v) is 15.9. The molecule has 0 spiro atoms. The summed E-state index contributed by atoms with van der Waals surface area (Å²) in [4.78, 5) is 13.3. The zero-order chi connectivity index (χ0) is 17.7. The van der Waals surface area contributed by atoms with Crippen LogP contribution < -0.4 is 5.32 Å². The summed E-state index contributed by atoms with van der Waals surface area (Å²) < 4.78 is 23.1. The number of hydrogen-bond donors (Lipinski definition) is 1. The fourth-order valence-electron chi connectivity index (χ4n) is 1.87. The molecule has 0 aliphatic rings. The molecular formula is C16H15Cl2NO3S2. The average molecular weight is 404 g/mol. The Balaban J connectivity index is 1.94. The highest BCUT2D eigenvalue weighted by Gasteiger charge is 2.15. The highest BCUT2D eigenvalue weighted by atomic mass is 35.5. The first-order chi connectivity index (χ1) is 11.3. The Morgan fingerprint density at radius 2 is 1.79 bits per heavy atom. The molecule has 128 valence electrons. The van der Waals surface area contributed by atoms with E-state index in [0.29, 0.717) is 17.3 Å². The van der Waals surface area contributed by atoms with E-state index in [9.17, 15) is 13.2 Å². The average Bonchev–Trinajstić information content (AvgIpc) is 2.52. The Morgan fingerprint density at radius 3 is 2.42 bits per heavy atom. The van der Waals surface area contributed by atoms with Crippen LogP contribution in [0.1, 0.15) is 10.4 Å². The highest BCUT2D eigenvalue weighted by molar-refractivity contribution is 7.99. The maximum absolute atomic E-state index is 12.2. The Bertz CT molecular complexity index is 837. The molecule has 0 aromatic heterocycles. The van der Waals surface area contributed by atoms with Gasteiger partial charge in [-0.3, -0.25) is 4.79 Å². The minimum Gasteiger partial charge on any atom is -0.351 e. The third-order valence-electron chi connectivity index (χ3n) is 3.08. The minimum absolute atomic E-state index is 0.0626. The van der Waals surface area contributed by atoms with Crippen LogP contribution in [0.3, 0.4) is 0 Å². The first-order valence-corrected chi connectivity index (χ1v) is 10.6. The van der Waals surface area contributed by atoms with Gasteiger partial charge in [-0.05, 0) is 42.5 Å². The molecule has 0 fully saturated rings. The predicted octanol–water partition coefficient (Wildman–Crippen LogP) is 3.92. The van der Waals surface area contributed by atoms with Crippen molar-refractivity contribution >= 4 is 50.7 Å². The number of nitrogens with one attached hydrogen (secondary N) is 1. The van der Waals surface area contributed by atoms with Crippen molar-refractivity contribution < 1.29 is 13.2 Å². The van der Waals surface area contributed by atoms with E-state index in [1.807, 2.05) is 12.1 Å². The van der Waals surface area contributed by atoms with Gasteiger partial charge in [0.2, 0.25) is 0 Å². The van der Waals surface area contributed by atoms with Gasteiger partial charge < -0.3 is 5.32 Å². The van der Waals surface area contributed by atoms with Crippen molar-refractivity contribution in [2.45, 2.75) is 9.79 Å². The number of rotatable bonds is 6. The smallest absolute Gasteiger partial charge is 0.252 e. The molecule has 0 bridgehead atoms. The van der Waals surface area contributed by atoms with Gasteiger partial charge in [0, 0.05) is 28.5 Å². The summed E-state index contributed by atoms with van der Waals surface area (Å²) in [5.74, 6) is 0.263. The van der Waals surface area contributed by atoms with E-state index >= 15 is 0 Å². The van der Waals surface area contributed by atoms with Gasteiger partial charge >= 0.3 is 0 Å². The van der Waals surface area contributed by atoms with Crippen LogP contribution in [0.5, 0.6) is 0 Å².